The van der Waals surface area contributed by atoms with Gasteiger partial charge in [-0.1, -0.05) is 12.1 Å². The van der Waals surface area contributed by atoms with Crippen molar-refractivity contribution in [1.82, 2.24) is 4.90 Å². The summed E-state index contributed by atoms with van der Waals surface area (Å²) in [5.41, 5.74) is 1.19. The lowest BCUT2D eigenvalue weighted by Gasteiger charge is -2.31. The number of likely N-dealkylation sites (tertiary alicyclic amines) is 1. The molecule has 0 bridgehead atoms. The minimum atomic E-state index is -0.740. The Hall–Kier alpha value is -1.13. The summed E-state index contributed by atoms with van der Waals surface area (Å²) in [6, 6.07) is 6.72. The fraction of sp³-hybridized carbons (Fsp3) is 0.500. The third kappa shape index (κ3) is 4.80. The zero-order chi connectivity index (χ0) is 13.0. The summed E-state index contributed by atoms with van der Waals surface area (Å²) in [5.74, 6) is -0.458. The third-order valence-electron chi connectivity index (χ3n) is 3.57. The molecule has 1 N–H and O–H groups in total. The molecule has 0 saturated carbocycles. The first-order valence-electron chi connectivity index (χ1n) is 6.35. The number of piperidine rings is 1. The summed E-state index contributed by atoms with van der Waals surface area (Å²) < 4.78 is 12.8. The molecule has 0 aliphatic carbocycles. The first-order chi connectivity index (χ1) is 8.65. The molecular weight excluding hydrogens is 269 g/mol. The van der Waals surface area contributed by atoms with Crippen LogP contribution in [0.3, 0.4) is 0 Å². The number of nitrogens with zero attached hydrogens (tertiary/aromatic N) is 1. The summed E-state index contributed by atoms with van der Waals surface area (Å²) in [6.45, 7) is 2.48. The molecule has 5 heteroatoms. The minimum absolute atomic E-state index is 0. The van der Waals surface area contributed by atoms with Crippen LogP contribution in [-0.4, -0.2) is 35.6 Å². The van der Waals surface area contributed by atoms with Gasteiger partial charge in [0, 0.05) is 6.54 Å². The van der Waals surface area contributed by atoms with Crippen LogP contribution in [0.2, 0.25) is 0 Å². The Balaban J connectivity index is 0.00000180. The Morgan fingerprint density at radius 1 is 1.26 bits per heavy atom. The lowest BCUT2D eigenvalue weighted by atomic mass is 9.89. The monoisotopic (exact) mass is 287 g/mol. The highest BCUT2D eigenvalue weighted by molar-refractivity contribution is 5.85. The molecule has 19 heavy (non-hydrogen) atoms. The SMILES string of the molecule is Cl.O=C(O)CCN1CCC(c2ccc(F)cc2)CC1. The molecule has 0 aromatic heterocycles. The van der Waals surface area contributed by atoms with Gasteiger partial charge < -0.3 is 10.0 Å². The summed E-state index contributed by atoms with van der Waals surface area (Å²) in [7, 11) is 0. The van der Waals surface area contributed by atoms with E-state index in [2.05, 4.69) is 4.90 Å². The van der Waals surface area contributed by atoms with E-state index in [1.54, 1.807) is 0 Å². The van der Waals surface area contributed by atoms with Crippen molar-refractivity contribution in [2.24, 2.45) is 0 Å². The Kier molecular flexibility index (Phi) is 6.25. The van der Waals surface area contributed by atoms with Crippen LogP contribution >= 0.6 is 12.4 Å². The molecule has 0 unspecified atom stereocenters. The van der Waals surface area contributed by atoms with Crippen molar-refractivity contribution in [1.29, 1.82) is 0 Å². The topological polar surface area (TPSA) is 40.5 Å². The van der Waals surface area contributed by atoms with Gasteiger partial charge >= 0.3 is 5.97 Å². The summed E-state index contributed by atoms with van der Waals surface area (Å²) in [5, 5.41) is 8.64. The summed E-state index contributed by atoms with van der Waals surface area (Å²) in [6.07, 6.45) is 2.25. The summed E-state index contributed by atoms with van der Waals surface area (Å²) >= 11 is 0. The number of carbonyl (C=O) groups is 1. The maximum atomic E-state index is 12.8. The van der Waals surface area contributed by atoms with Crippen LogP contribution < -0.4 is 0 Å². The van der Waals surface area contributed by atoms with E-state index in [1.165, 1.54) is 17.7 Å². The van der Waals surface area contributed by atoms with Gasteiger partial charge in [-0.3, -0.25) is 4.79 Å². The van der Waals surface area contributed by atoms with E-state index < -0.39 is 5.97 Å². The predicted octanol–water partition coefficient (Wildman–Crippen LogP) is 2.90. The predicted molar refractivity (Wildman–Crippen MR) is 74.3 cm³/mol. The number of rotatable bonds is 4. The fourth-order valence-electron chi connectivity index (χ4n) is 2.48. The molecule has 1 fully saturated rings. The summed E-state index contributed by atoms with van der Waals surface area (Å²) in [4.78, 5) is 12.7. The second-order valence-corrected chi connectivity index (χ2v) is 4.81. The molecule has 1 aromatic carbocycles. The molecule has 1 aliphatic heterocycles. The van der Waals surface area contributed by atoms with Gasteiger partial charge in [-0.25, -0.2) is 4.39 Å². The number of carboxylic acids is 1. The molecule has 0 amide bonds. The van der Waals surface area contributed by atoms with Crippen molar-refractivity contribution >= 4 is 18.4 Å². The second kappa shape index (κ2) is 7.46. The van der Waals surface area contributed by atoms with E-state index in [0.29, 0.717) is 12.5 Å². The lowest BCUT2D eigenvalue weighted by Crippen LogP contribution is -2.34. The molecule has 0 atom stereocenters. The number of benzene rings is 1. The standard InChI is InChI=1S/C14H18FNO2.ClH/c15-13-3-1-11(2-4-13)12-5-8-16(9-6-12)10-7-14(17)18;/h1-4,12H,5-10H2,(H,17,18);1H. The number of hydrogen-bond acceptors (Lipinski definition) is 2. The van der Waals surface area contributed by atoms with Crippen molar-refractivity contribution in [2.75, 3.05) is 19.6 Å². The maximum absolute atomic E-state index is 12.8. The van der Waals surface area contributed by atoms with Crippen LogP contribution in [0.5, 0.6) is 0 Å². The average molecular weight is 288 g/mol. The Morgan fingerprint density at radius 2 is 1.84 bits per heavy atom. The zero-order valence-corrected chi connectivity index (χ0v) is 11.5. The Bertz CT molecular complexity index is 402. The smallest absolute Gasteiger partial charge is 0.304 e. The van der Waals surface area contributed by atoms with Gasteiger partial charge in [0.2, 0.25) is 0 Å². The van der Waals surface area contributed by atoms with Gasteiger partial charge in [0.1, 0.15) is 5.82 Å². The van der Waals surface area contributed by atoms with Crippen molar-refractivity contribution < 1.29 is 14.3 Å². The highest BCUT2D eigenvalue weighted by Crippen LogP contribution is 2.27. The Labute approximate surface area is 118 Å². The molecular formula is C14H19ClFNO2. The first-order valence-corrected chi connectivity index (χ1v) is 6.35. The maximum Gasteiger partial charge on any atom is 0.304 e. The van der Waals surface area contributed by atoms with Gasteiger partial charge in [-0.15, -0.1) is 12.4 Å². The normalized spacial score (nSPS) is 16.9. The third-order valence-corrected chi connectivity index (χ3v) is 3.57. The zero-order valence-electron chi connectivity index (χ0n) is 10.7. The average Bonchev–Trinajstić information content (AvgIpc) is 2.38. The highest BCUT2D eigenvalue weighted by atomic mass is 35.5. The van der Waals surface area contributed by atoms with Crippen LogP contribution in [0, 0.1) is 5.82 Å². The van der Waals surface area contributed by atoms with E-state index in [1.807, 2.05) is 12.1 Å². The van der Waals surface area contributed by atoms with Crippen LogP contribution in [-0.2, 0) is 4.79 Å². The van der Waals surface area contributed by atoms with Crippen LogP contribution in [0.1, 0.15) is 30.7 Å². The quantitative estimate of drug-likeness (QED) is 0.926. The molecule has 0 radical (unpaired) electrons. The van der Waals surface area contributed by atoms with Gasteiger partial charge in [-0.05, 0) is 49.5 Å². The number of hydrogen-bond donors (Lipinski definition) is 1. The van der Waals surface area contributed by atoms with Crippen LogP contribution in [0.4, 0.5) is 4.39 Å². The number of aliphatic carboxylic acids is 1. The van der Waals surface area contributed by atoms with Gasteiger partial charge in [0.05, 0.1) is 6.42 Å². The van der Waals surface area contributed by atoms with Crippen molar-refractivity contribution in [2.45, 2.75) is 25.2 Å². The van der Waals surface area contributed by atoms with Gasteiger partial charge in [0.25, 0.3) is 0 Å². The van der Waals surface area contributed by atoms with Crippen LogP contribution in [0.25, 0.3) is 0 Å². The highest BCUT2D eigenvalue weighted by Gasteiger charge is 2.20. The number of halogens is 2. The molecule has 106 valence electrons. The fourth-order valence-corrected chi connectivity index (χ4v) is 2.48. The van der Waals surface area contributed by atoms with E-state index in [4.69, 9.17) is 5.11 Å². The van der Waals surface area contributed by atoms with E-state index in [-0.39, 0.29) is 24.6 Å². The van der Waals surface area contributed by atoms with Gasteiger partial charge in [0.15, 0.2) is 0 Å². The van der Waals surface area contributed by atoms with Crippen molar-refractivity contribution in [3.05, 3.63) is 35.6 Å². The molecule has 1 heterocycles. The second-order valence-electron chi connectivity index (χ2n) is 4.81. The molecule has 1 aliphatic rings. The van der Waals surface area contributed by atoms with Crippen molar-refractivity contribution in [3.8, 4) is 0 Å². The molecule has 0 spiro atoms. The number of carboxylic acid groups (broad SMARTS) is 1. The van der Waals surface area contributed by atoms with Gasteiger partial charge in [-0.2, -0.15) is 0 Å². The minimum Gasteiger partial charge on any atom is -0.481 e. The van der Waals surface area contributed by atoms with E-state index in [9.17, 15) is 9.18 Å². The molecule has 2 rings (SSSR count). The molecule has 1 saturated heterocycles. The van der Waals surface area contributed by atoms with E-state index in [0.717, 1.165) is 25.9 Å². The lowest BCUT2D eigenvalue weighted by molar-refractivity contribution is -0.137. The molecule has 1 aromatic rings. The Morgan fingerprint density at radius 3 is 2.37 bits per heavy atom. The molecule has 3 nitrogen and oxygen atoms in total. The first kappa shape index (κ1) is 15.9. The van der Waals surface area contributed by atoms with Crippen LogP contribution in [0.15, 0.2) is 24.3 Å². The van der Waals surface area contributed by atoms with Crippen molar-refractivity contribution in [3.63, 3.8) is 0 Å². The largest absolute Gasteiger partial charge is 0.481 e. The van der Waals surface area contributed by atoms with E-state index >= 15 is 0 Å².